The van der Waals surface area contributed by atoms with Crippen molar-refractivity contribution in [3.05, 3.63) is 35.4 Å². The van der Waals surface area contributed by atoms with Gasteiger partial charge in [-0.05, 0) is 44.9 Å². The second kappa shape index (κ2) is 9.96. The monoisotopic (exact) mass is 336 g/mol. The first-order valence-corrected chi connectivity index (χ1v) is 8.52. The predicted molar refractivity (Wildman–Crippen MR) is 92.0 cm³/mol. The molecule has 0 heterocycles. The standard InChI is InChI=1S/C19H28O5/c1-6-8-16-9-11-17(12-10-16)18(20)23-14(4)13(3)15(5)24-19(21)22-7-2/h9-15H,6-8H2,1-5H3. The Bertz CT molecular complexity index is 523. The van der Waals surface area contributed by atoms with Crippen LogP contribution in [0.4, 0.5) is 4.79 Å². The van der Waals surface area contributed by atoms with Crippen molar-refractivity contribution >= 4 is 12.1 Å². The first-order valence-electron chi connectivity index (χ1n) is 8.52. The van der Waals surface area contributed by atoms with Gasteiger partial charge in [0.25, 0.3) is 0 Å². The SMILES string of the molecule is CCCc1ccc(C(=O)OC(C)C(C)C(C)OC(=O)OCC)cc1. The van der Waals surface area contributed by atoms with Gasteiger partial charge in [0.1, 0.15) is 12.2 Å². The zero-order chi connectivity index (χ0) is 18.1. The highest BCUT2D eigenvalue weighted by Gasteiger charge is 2.26. The molecule has 134 valence electrons. The van der Waals surface area contributed by atoms with Crippen LogP contribution in [0.15, 0.2) is 24.3 Å². The quantitative estimate of drug-likeness (QED) is 0.659. The molecule has 1 rings (SSSR count). The Kier molecular flexibility index (Phi) is 8.30. The molecule has 5 nitrogen and oxygen atoms in total. The fourth-order valence-corrected chi connectivity index (χ4v) is 2.23. The highest BCUT2D eigenvalue weighted by molar-refractivity contribution is 5.89. The first kappa shape index (κ1) is 20.0. The van der Waals surface area contributed by atoms with Crippen LogP contribution < -0.4 is 0 Å². The molecule has 24 heavy (non-hydrogen) atoms. The van der Waals surface area contributed by atoms with Crippen LogP contribution in [0.1, 0.15) is 57.0 Å². The Morgan fingerprint density at radius 3 is 2.08 bits per heavy atom. The third kappa shape index (κ3) is 6.22. The molecule has 3 atom stereocenters. The minimum atomic E-state index is -0.707. The molecule has 0 aliphatic carbocycles. The van der Waals surface area contributed by atoms with Gasteiger partial charge in [0.15, 0.2) is 0 Å². The minimum Gasteiger partial charge on any atom is -0.459 e. The topological polar surface area (TPSA) is 61.8 Å². The Labute approximate surface area is 144 Å². The molecule has 0 bridgehead atoms. The number of hydrogen-bond donors (Lipinski definition) is 0. The van der Waals surface area contributed by atoms with Gasteiger partial charge in [0.05, 0.1) is 12.2 Å². The summed E-state index contributed by atoms with van der Waals surface area (Å²) in [6, 6.07) is 7.45. The summed E-state index contributed by atoms with van der Waals surface area (Å²) in [6.07, 6.45) is 0.542. The van der Waals surface area contributed by atoms with Gasteiger partial charge < -0.3 is 14.2 Å². The molecule has 0 saturated carbocycles. The van der Waals surface area contributed by atoms with E-state index in [0.29, 0.717) is 5.56 Å². The first-order chi connectivity index (χ1) is 11.4. The van der Waals surface area contributed by atoms with Gasteiger partial charge >= 0.3 is 12.1 Å². The van der Waals surface area contributed by atoms with Crippen LogP contribution in [0.3, 0.4) is 0 Å². The molecule has 0 radical (unpaired) electrons. The summed E-state index contributed by atoms with van der Waals surface area (Å²) in [4.78, 5) is 23.6. The summed E-state index contributed by atoms with van der Waals surface area (Å²) in [6.45, 7) is 9.51. The summed E-state index contributed by atoms with van der Waals surface area (Å²) in [7, 11) is 0. The molecular formula is C19H28O5. The van der Waals surface area contributed by atoms with Crippen molar-refractivity contribution in [2.24, 2.45) is 5.92 Å². The van der Waals surface area contributed by atoms with E-state index in [2.05, 4.69) is 6.92 Å². The van der Waals surface area contributed by atoms with Crippen molar-refractivity contribution in [1.82, 2.24) is 0 Å². The number of benzene rings is 1. The summed E-state index contributed by atoms with van der Waals surface area (Å²) in [5, 5.41) is 0. The number of hydrogen-bond acceptors (Lipinski definition) is 5. The summed E-state index contributed by atoms with van der Waals surface area (Å²) in [5.74, 6) is -0.529. The van der Waals surface area contributed by atoms with Crippen LogP contribution in [0.5, 0.6) is 0 Å². The van der Waals surface area contributed by atoms with Crippen LogP contribution in [0.25, 0.3) is 0 Å². The predicted octanol–water partition coefficient (Wildman–Crippen LogP) is 4.38. The minimum absolute atomic E-state index is 0.155. The number of carbonyl (C=O) groups is 2. The fourth-order valence-electron chi connectivity index (χ4n) is 2.23. The highest BCUT2D eigenvalue weighted by atomic mass is 16.7. The molecule has 3 unspecified atom stereocenters. The maximum absolute atomic E-state index is 12.2. The number of ether oxygens (including phenoxy) is 3. The van der Waals surface area contributed by atoms with Crippen molar-refractivity contribution in [3.63, 3.8) is 0 Å². The van der Waals surface area contributed by atoms with Crippen molar-refractivity contribution in [1.29, 1.82) is 0 Å². The maximum Gasteiger partial charge on any atom is 0.508 e. The Morgan fingerprint density at radius 2 is 1.54 bits per heavy atom. The zero-order valence-corrected chi connectivity index (χ0v) is 15.2. The third-order valence-electron chi connectivity index (χ3n) is 4.05. The lowest BCUT2D eigenvalue weighted by Gasteiger charge is -2.25. The second-order valence-corrected chi connectivity index (χ2v) is 5.92. The van der Waals surface area contributed by atoms with E-state index in [4.69, 9.17) is 14.2 Å². The maximum atomic E-state index is 12.2. The summed E-state index contributed by atoms with van der Waals surface area (Å²) in [5.41, 5.74) is 1.72. The van der Waals surface area contributed by atoms with Crippen LogP contribution in [-0.2, 0) is 20.6 Å². The molecule has 0 aromatic heterocycles. The lowest BCUT2D eigenvalue weighted by Crippen LogP contribution is -2.33. The molecule has 0 spiro atoms. The molecule has 0 fully saturated rings. The number of rotatable bonds is 8. The third-order valence-corrected chi connectivity index (χ3v) is 4.05. The molecule has 1 aromatic rings. The molecule has 5 heteroatoms. The Morgan fingerprint density at radius 1 is 0.958 bits per heavy atom. The van der Waals surface area contributed by atoms with Crippen molar-refractivity contribution in [3.8, 4) is 0 Å². The van der Waals surface area contributed by atoms with Gasteiger partial charge in [-0.2, -0.15) is 0 Å². The van der Waals surface area contributed by atoms with E-state index in [1.54, 1.807) is 32.9 Å². The van der Waals surface area contributed by atoms with Crippen LogP contribution in [-0.4, -0.2) is 30.9 Å². The largest absolute Gasteiger partial charge is 0.508 e. The molecule has 0 amide bonds. The van der Waals surface area contributed by atoms with Gasteiger partial charge in [-0.15, -0.1) is 0 Å². The molecule has 0 aliphatic rings. The van der Waals surface area contributed by atoms with E-state index in [-0.39, 0.29) is 18.5 Å². The van der Waals surface area contributed by atoms with Crippen molar-refractivity contribution in [2.75, 3.05) is 6.61 Å². The van der Waals surface area contributed by atoms with E-state index in [9.17, 15) is 9.59 Å². The van der Waals surface area contributed by atoms with E-state index in [1.807, 2.05) is 19.1 Å². The van der Waals surface area contributed by atoms with Crippen molar-refractivity contribution in [2.45, 2.75) is 59.7 Å². The zero-order valence-electron chi connectivity index (χ0n) is 15.2. The average molecular weight is 336 g/mol. The average Bonchev–Trinajstić information content (AvgIpc) is 2.55. The molecule has 0 aliphatic heterocycles. The van der Waals surface area contributed by atoms with Gasteiger partial charge in [0, 0.05) is 5.92 Å². The van der Waals surface area contributed by atoms with Gasteiger partial charge in [-0.1, -0.05) is 32.4 Å². The summed E-state index contributed by atoms with van der Waals surface area (Å²) >= 11 is 0. The van der Waals surface area contributed by atoms with Crippen LogP contribution in [0.2, 0.25) is 0 Å². The van der Waals surface area contributed by atoms with E-state index < -0.39 is 18.4 Å². The van der Waals surface area contributed by atoms with E-state index in [0.717, 1.165) is 12.8 Å². The van der Waals surface area contributed by atoms with Gasteiger partial charge in [0.2, 0.25) is 0 Å². The van der Waals surface area contributed by atoms with E-state index in [1.165, 1.54) is 5.56 Å². The van der Waals surface area contributed by atoms with Crippen LogP contribution >= 0.6 is 0 Å². The number of carbonyl (C=O) groups excluding carboxylic acids is 2. The van der Waals surface area contributed by atoms with Crippen molar-refractivity contribution < 1.29 is 23.8 Å². The molecule has 0 N–H and O–H groups in total. The smallest absolute Gasteiger partial charge is 0.459 e. The van der Waals surface area contributed by atoms with E-state index >= 15 is 0 Å². The van der Waals surface area contributed by atoms with Gasteiger partial charge in [-0.25, -0.2) is 9.59 Å². The lowest BCUT2D eigenvalue weighted by atomic mass is 10.0. The summed E-state index contributed by atoms with van der Waals surface area (Å²) < 4.78 is 15.4. The molecular weight excluding hydrogens is 308 g/mol. The van der Waals surface area contributed by atoms with Crippen LogP contribution in [0, 0.1) is 5.92 Å². The Hall–Kier alpha value is -2.04. The number of aryl methyl sites for hydroxylation is 1. The fraction of sp³-hybridized carbons (Fsp3) is 0.579. The normalized spacial score (nSPS) is 14.4. The second-order valence-electron chi connectivity index (χ2n) is 5.92. The number of esters is 1. The highest BCUT2D eigenvalue weighted by Crippen LogP contribution is 2.17. The molecule has 0 saturated heterocycles. The van der Waals surface area contributed by atoms with Gasteiger partial charge in [-0.3, -0.25) is 0 Å². The Balaban J connectivity index is 2.57. The molecule has 1 aromatic carbocycles. The lowest BCUT2D eigenvalue weighted by molar-refractivity contribution is -0.0254.